The van der Waals surface area contributed by atoms with Gasteiger partial charge < -0.3 is 11.1 Å². The summed E-state index contributed by atoms with van der Waals surface area (Å²) in [5.41, 5.74) is 6.91. The lowest BCUT2D eigenvalue weighted by Gasteiger charge is -2.21. The van der Waals surface area contributed by atoms with E-state index in [4.69, 9.17) is 17.3 Å². The minimum Gasteiger partial charge on any atom is -0.397 e. The third kappa shape index (κ3) is 4.39. The fraction of sp³-hybridized carbons (Fsp3) is 0.533. The van der Waals surface area contributed by atoms with Gasteiger partial charge in [0, 0.05) is 11.7 Å². The highest BCUT2D eigenvalue weighted by Crippen LogP contribution is 2.27. The van der Waals surface area contributed by atoms with Crippen molar-refractivity contribution >= 4 is 28.9 Å². The van der Waals surface area contributed by atoms with Crippen LogP contribution in [0, 0.1) is 0 Å². The highest BCUT2D eigenvalue weighted by Gasteiger charge is 2.29. The molecule has 0 spiro atoms. The van der Waals surface area contributed by atoms with Crippen LogP contribution in [0.1, 0.15) is 32.6 Å². The number of nitrogens with two attached hydrogens (primary N) is 1. The van der Waals surface area contributed by atoms with E-state index >= 15 is 0 Å². The Morgan fingerprint density at radius 3 is 2.85 bits per heavy atom. The first-order valence-electron chi connectivity index (χ1n) is 7.19. The molecule has 1 saturated carbocycles. The van der Waals surface area contributed by atoms with E-state index in [0.717, 1.165) is 19.4 Å². The van der Waals surface area contributed by atoms with Crippen LogP contribution in [-0.2, 0) is 4.79 Å². The molecule has 0 radical (unpaired) electrons. The number of hydrogen-bond acceptors (Lipinski definition) is 3. The van der Waals surface area contributed by atoms with Crippen molar-refractivity contribution in [3.8, 4) is 0 Å². The first kappa shape index (κ1) is 15.1. The van der Waals surface area contributed by atoms with Crippen LogP contribution in [0.15, 0.2) is 18.2 Å². The average Bonchev–Trinajstić information content (AvgIpc) is 3.23. The average molecular weight is 296 g/mol. The maximum Gasteiger partial charge on any atom is 0.238 e. The van der Waals surface area contributed by atoms with Gasteiger partial charge in [-0.05, 0) is 44.0 Å². The number of nitrogen functional groups attached to an aromatic ring is 1. The van der Waals surface area contributed by atoms with Gasteiger partial charge in [-0.2, -0.15) is 0 Å². The Balaban J connectivity index is 1.88. The number of carbonyl (C=O) groups is 1. The van der Waals surface area contributed by atoms with Gasteiger partial charge in [0.1, 0.15) is 0 Å². The Hall–Kier alpha value is -1.26. The molecule has 1 aliphatic rings. The second-order valence-corrected chi connectivity index (χ2v) is 5.75. The Morgan fingerprint density at radius 1 is 1.50 bits per heavy atom. The number of unbranched alkanes of at least 4 members (excludes halogenated alkanes) is 1. The van der Waals surface area contributed by atoms with Crippen LogP contribution < -0.4 is 11.1 Å². The number of amides is 1. The molecule has 0 heterocycles. The number of rotatable bonds is 7. The van der Waals surface area contributed by atoms with E-state index in [1.807, 2.05) is 0 Å². The Bertz CT molecular complexity index is 474. The molecule has 0 unspecified atom stereocenters. The number of anilines is 2. The van der Waals surface area contributed by atoms with Crippen molar-refractivity contribution in [2.45, 2.75) is 38.6 Å². The summed E-state index contributed by atoms with van der Waals surface area (Å²) in [5, 5.41) is 3.39. The van der Waals surface area contributed by atoms with E-state index in [2.05, 4.69) is 17.1 Å². The molecule has 0 aromatic heterocycles. The highest BCUT2D eigenvalue weighted by molar-refractivity contribution is 6.33. The summed E-state index contributed by atoms with van der Waals surface area (Å²) in [6, 6.07) is 5.75. The zero-order valence-electron chi connectivity index (χ0n) is 11.9. The van der Waals surface area contributed by atoms with Gasteiger partial charge >= 0.3 is 0 Å². The van der Waals surface area contributed by atoms with Gasteiger partial charge in [-0.15, -0.1) is 0 Å². The zero-order chi connectivity index (χ0) is 14.5. The summed E-state index contributed by atoms with van der Waals surface area (Å²) in [7, 11) is 0. The fourth-order valence-electron chi connectivity index (χ4n) is 2.20. The second kappa shape index (κ2) is 6.95. The summed E-state index contributed by atoms with van der Waals surface area (Å²) in [5.74, 6) is 0.00901. The molecule has 2 rings (SSSR count). The summed E-state index contributed by atoms with van der Waals surface area (Å²) in [4.78, 5) is 14.4. The summed E-state index contributed by atoms with van der Waals surface area (Å²) in [6.45, 7) is 3.62. The van der Waals surface area contributed by atoms with Crippen LogP contribution in [0.4, 0.5) is 11.4 Å². The first-order chi connectivity index (χ1) is 9.60. The topological polar surface area (TPSA) is 58.4 Å². The van der Waals surface area contributed by atoms with Crippen molar-refractivity contribution in [2.24, 2.45) is 0 Å². The van der Waals surface area contributed by atoms with Crippen LogP contribution >= 0.6 is 11.6 Å². The van der Waals surface area contributed by atoms with E-state index in [1.165, 1.54) is 12.8 Å². The molecule has 1 aliphatic carbocycles. The van der Waals surface area contributed by atoms with E-state index < -0.39 is 0 Å². The lowest BCUT2D eigenvalue weighted by molar-refractivity contribution is -0.117. The molecule has 1 aromatic carbocycles. The first-order valence-corrected chi connectivity index (χ1v) is 7.57. The van der Waals surface area contributed by atoms with Crippen molar-refractivity contribution in [3.05, 3.63) is 23.2 Å². The molecule has 5 heteroatoms. The molecule has 1 fully saturated rings. The molecule has 1 amide bonds. The van der Waals surface area contributed by atoms with E-state index in [-0.39, 0.29) is 5.91 Å². The quantitative estimate of drug-likeness (QED) is 0.760. The SMILES string of the molecule is CCCCN(CC(=O)Nc1ccc(Cl)c(N)c1)C1CC1. The molecule has 0 atom stereocenters. The number of halogens is 1. The Labute approximate surface area is 125 Å². The monoisotopic (exact) mass is 295 g/mol. The van der Waals surface area contributed by atoms with Crippen LogP contribution in [-0.4, -0.2) is 29.9 Å². The van der Waals surface area contributed by atoms with Crippen molar-refractivity contribution in [1.29, 1.82) is 0 Å². The lowest BCUT2D eigenvalue weighted by atomic mass is 10.2. The molecule has 0 saturated heterocycles. The third-order valence-corrected chi connectivity index (χ3v) is 3.83. The number of nitrogens with one attached hydrogen (secondary N) is 1. The maximum atomic E-state index is 12.1. The van der Waals surface area contributed by atoms with Crippen molar-refractivity contribution < 1.29 is 4.79 Å². The second-order valence-electron chi connectivity index (χ2n) is 5.34. The normalized spacial score (nSPS) is 14.6. The van der Waals surface area contributed by atoms with Gasteiger partial charge in [0.15, 0.2) is 0 Å². The minimum absolute atomic E-state index is 0.00901. The molecule has 4 nitrogen and oxygen atoms in total. The molecule has 3 N–H and O–H groups in total. The van der Waals surface area contributed by atoms with Crippen molar-refractivity contribution in [1.82, 2.24) is 4.90 Å². The third-order valence-electron chi connectivity index (χ3n) is 3.49. The summed E-state index contributed by atoms with van der Waals surface area (Å²) < 4.78 is 0. The fourth-order valence-corrected chi connectivity index (χ4v) is 2.32. The largest absolute Gasteiger partial charge is 0.397 e. The van der Waals surface area contributed by atoms with Gasteiger partial charge in [-0.1, -0.05) is 24.9 Å². The van der Waals surface area contributed by atoms with Crippen LogP contribution in [0.2, 0.25) is 5.02 Å². The van der Waals surface area contributed by atoms with Crippen LogP contribution in [0.25, 0.3) is 0 Å². The number of nitrogens with zero attached hydrogens (tertiary/aromatic N) is 1. The van der Waals surface area contributed by atoms with Gasteiger partial charge in [0.25, 0.3) is 0 Å². The Morgan fingerprint density at radius 2 is 2.25 bits per heavy atom. The lowest BCUT2D eigenvalue weighted by Crippen LogP contribution is -2.35. The number of hydrogen-bond donors (Lipinski definition) is 2. The molecule has 20 heavy (non-hydrogen) atoms. The minimum atomic E-state index is 0.00901. The molecule has 110 valence electrons. The van der Waals surface area contributed by atoms with Crippen molar-refractivity contribution in [2.75, 3.05) is 24.1 Å². The van der Waals surface area contributed by atoms with Crippen molar-refractivity contribution in [3.63, 3.8) is 0 Å². The Kier molecular flexibility index (Phi) is 5.26. The van der Waals surface area contributed by atoms with E-state index in [9.17, 15) is 4.79 Å². The van der Waals surface area contributed by atoms with Gasteiger partial charge in [0.05, 0.1) is 17.3 Å². The highest BCUT2D eigenvalue weighted by atomic mass is 35.5. The predicted molar refractivity (Wildman–Crippen MR) is 84.0 cm³/mol. The summed E-state index contributed by atoms with van der Waals surface area (Å²) >= 11 is 5.86. The summed E-state index contributed by atoms with van der Waals surface area (Å²) in [6.07, 6.45) is 4.71. The number of carbonyl (C=O) groups excluding carboxylic acids is 1. The van der Waals surface area contributed by atoms with Gasteiger partial charge in [0.2, 0.25) is 5.91 Å². The van der Waals surface area contributed by atoms with E-state index in [1.54, 1.807) is 18.2 Å². The number of benzene rings is 1. The molecule has 0 aliphatic heterocycles. The molecular weight excluding hydrogens is 274 g/mol. The zero-order valence-corrected chi connectivity index (χ0v) is 12.6. The maximum absolute atomic E-state index is 12.1. The smallest absolute Gasteiger partial charge is 0.238 e. The van der Waals surface area contributed by atoms with Crippen LogP contribution in [0.5, 0.6) is 0 Å². The standard InChI is InChI=1S/C15H22ClN3O/c1-2-3-8-19(12-5-6-12)10-15(20)18-11-4-7-13(16)14(17)9-11/h4,7,9,12H,2-3,5-6,8,10,17H2,1H3,(H,18,20). The molecule has 0 bridgehead atoms. The van der Waals surface area contributed by atoms with Gasteiger partial charge in [-0.3, -0.25) is 9.69 Å². The molecular formula is C15H22ClN3O. The van der Waals surface area contributed by atoms with Crippen LogP contribution in [0.3, 0.4) is 0 Å². The van der Waals surface area contributed by atoms with E-state index in [0.29, 0.717) is 29.0 Å². The molecule has 1 aromatic rings. The van der Waals surface area contributed by atoms with Gasteiger partial charge in [-0.25, -0.2) is 0 Å². The predicted octanol–water partition coefficient (Wildman–Crippen LogP) is 3.13.